The number of hydrogen-bond donors (Lipinski definition) is 1. The number of nitrogens with zero attached hydrogens (tertiary/aromatic N) is 2. The largest absolute Gasteiger partial charge is 0.337 e. The summed E-state index contributed by atoms with van der Waals surface area (Å²) in [4.78, 5) is 5.49. The number of thioether (sulfide) groups is 1. The summed E-state index contributed by atoms with van der Waals surface area (Å²) in [6, 6.07) is 7.88. The van der Waals surface area contributed by atoms with E-state index in [-0.39, 0.29) is 6.04 Å². The average molecular weight is 249 g/mol. The molecule has 0 saturated carbocycles. The Balaban J connectivity index is 2.21. The highest BCUT2D eigenvalue weighted by Crippen LogP contribution is 2.22. The van der Waals surface area contributed by atoms with E-state index in [0.29, 0.717) is 11.7 Å². The molecule has 2 rings (SSSR count). The van der Waals surface area contributed by atoms with Crippen molar-refractivity contribution in [1.82, 2.24) is 10.1 Å². The van der Waals surface area contributed by atoms with E-state index >= 15 is 0 Å². The van der Waals surface area contributed by atoms with Gasteiger partial charge < -0.3 is 10.3 Å². The number of aromatic nitrogens is 2. The predicted octanol–water partition coefficient (Wildman–Crippen LogP) is 2.87. The second-order valence-corrected chi connectivity index (χ2v) is 5.04. The monoisotopic (exact) mass is 249 g/mol. The van der Waals surface area contributed by atoms with Gasteiger partial charge in [0.25, 0.3) is 0 Å². The van der Waals surface area contributed by atoms with Crippen LogP contribution in [0.25, 0.3) is 11.4 Å². The van der Waals surface area contributed by atoms with Crippen LogP contribution < -0.4 is 5.73 Å². The van der Waals surface area contributed by atoms with Crippen molar-refractivity contribution in [3.05, 3.63) is 30.2 Å². The van der Waals surface area contributed by atoms with Crippen molar-refractivity contribution >= 4 is 11.8 Å². The van der Waals surface area contributed by atoms with Crippen LogP contribution in [0.4, 0.5) is 0 Å². The minimum atomic E-state index is -0.230. The summed E-state index contributed by atoms with van der Waals surface area (Å²) < 4.78 is 5.07. The molecule has 1 heterocycles. The van der Waals surface area contributed by atoms with Gasteiger partial charge in [0.2, 0.25) is 11.7 Å². The third kappa shape index (κ3) is 2.87. The van der Waals surface area contributed by atoms with Crippen LogP contribution in [0.3, 0.4) is 0 Å². The Bertz CT molecular complexity index is 479. The Kier molecular flexibility index (Phi) is 3.81. The topological polar surface area (TPSA) is 64.9 Å². The zero-order chi connectivity index (χ0) is 12.3. The maximum Gasteiger partial charge on any atom is 0.243 e. The van der Waals surface area contributed by atoms with Gasteiger partial charge in [-0.1, -0.05) is 12.1 Å². The normalized spacial score (nSPS) is 12.6. The van der Waals surface area contributed by atoms with Crippen LogP contribution in [-0.2, 0) is 0 Å². The maximum absolute atomic E-state index is 5.67. The SMILES string of the molecule is CCSc1ccc(-c2noc([C@@H](C)N)n2)cc1. The Hall–Kier alpha value is -1.33. The first-order valence-corrected chi connectivity index (χ1v) is 6.51. The van der Waals surface area contributed by atoms with Gasteiger partial charge in [-0.05, 0) is 36.9 Å². The highest BCUT2D eigenvalue weighted by Gasteiger charge is 2.11. The molecule has 1 aromatic heterocycles. The molecule has 0 unspecified atom stereocenters. The van der Waals surface area contributed by atoms with Crippen molar-refractivity contribution in [2.45, 2.75) is 24.8 Å². The molecule has 0 aliphatic rings. The third-order valence-corrected chi connectivity index (χ3v) is 3.15. The molecule has 4 nitrogen and oxygen atoms in total. The molecule has 0 aliphatic carbocycles. The molecule has 0 saturated heterocycles. The predicted molar refractivity (Wildman–Crippen MR) is 68.7 cm³/mol. The highest BCUT2D eigenvalue weighted by molar-refractivity contribution is 7.99. The minimum Gasteiger partial charge on any atom is -0.337 e. The summed E-state index contributed by atoms with van der Waals surface area (Å²) in [5.74, 6) is 2.12. The molecular weight excluding hydrogens is 234 g/mol. The van der Waals surface area contributed by atoms with Crippen molar-refractivity contribution in [3.8, 4) is 11.4 Å². The van der Waals surface area contributed by atoms with Crippen molar-refractivity contribution in [2.24, 2.45) is 5.73 Å². The fraction of sp³-hybridized carbons (Fsp3) is 0.333. The Labute approximate surface area is 105 Å². The minimum absolute atomic E-state index is 0.230. The molecule has 5 heteroatoms. The summed E-state index contributed by atoms with van der Waals surface area (Å²) in [6.45, 7) is 3.95. The zero-order valence-corrected chi connectivity index (χ0v) is 10.7. The first-order valence-electron chi connectivity index (χ1n) is 5.53. The van der Waals surface area contributed by atoms with Gasteiger partial charge in [0, 0.05) is 10.5 Å². The molecular formula is C12H15N3OS. The summed E-state index contributed by atoms with van der Waals surface area (Å²) >= 11 is 1.81. The fourth-order valence-electron chi connectivity index (χ4n) is 1.40. The summed E-state index contributed by atoms with van der Waals surface area (Å²) in [6.07, 6.45) is 0. The number of hydrogen-bond acceptors (Lipinski definition) is 5. The Morgan fingerprint density at radius 1 is 1.35 bits per heavy atom. The number of benzene rings is 1. The van der Waals surface area contributed by atoms with Crippen molar-refractivity contribution < 1.29 is 4.52 Å². The molecule has 0 bridgehead atoms. The highest BCUT2D eigenvalue weighted by atomic mass is 32.2. The molecule has 0 aliphatic heterocycles. The van der Waals surface area contributed by atoms with Crippen LogP contribution in [0.15, 0.2) is 33.7 Å². The van der Waals surface area contributed by atoms with E-state index in [1.165, 1.54) is 4.90 Å². The molecule has 1 aromatic carbocycles. The first-order chi connectivity index (χ1) is 8.20. The quantitative estimate of drug-likeness (QED) is 0.844. The van der Waals surface area contributed by atoms with Crippen molar-refractivity contribution in [2.75, 3.05) is 5.75 Å². The van der Waals surface area contributed by atoms with Gasteiger partial charge in [0.1, 0.15) is 0 Å². The summed E-state index contributed by atoms with van der Waals surface area (Å²) in [5.41, 5.74) is 6.61. The second-order valence-electron chi connectivity index (χ2n) is 3.70. The van der Waals surface area contributed by atoms with Crippen LogP contribution in [0.2, 0.25) is 0 Å². The molecule has 2 aromatic rings. The van der Waals surface area contributed by atoms with E-state index < -0.39 is 0 Å². The summed E-state index contributed by atoms with van der Waals surface area (Å²) in [5, 5.41) is 3.91. The smallest absolute Gasteiger partial charge is 0.243 e. The Morgan fingerprint density at radius 2 is 2.06 bits per heavy atom. The van der Waals surface area contributed by atoms with Crippen LogP contribution in [0.5, 0.6) is 0 Å². The van der Waals surface area contributed by atoms with E-state index in [2.05, 4.69) is 29.2 Å². The van der Waals surface area contributed by atoms with E-state index in [0.717, 1.165) is 11.3 Å². The van der Waals surface area contributed by atoms with E-state index in [1.54, 1.807) is 11.8 Å². The lowest BCUT2D eigenvalue weighted by molar-refractivity contribution is 0.362. The lowest BCUT2D eigenvalue weighted by Crippen LogP contribution is -2.04. The zero-order valence-electron chi connectivity index (χ0n) is 9.88. The number of rotatable bonds is 4. The van der Waals surface area contributed by atoms with Gasteiger partial charge in [0.15, 0.2) is 0 Å². The maximum atomic E-state index is 5.67. The molecule has 0 fully saturated rings. The van der Waals surface area contributed by atoms with Gasteiger partial charge in [0.05, 0.1) is 6.04 Å². The molecule has 2 N–H and O–H groups in total. The van der Waals surface area contributed by atoms with Gasteiger partial charge in [-0.25, -0.2) is 0 Å². The van der Waals surface area contributed by atoms with Crippen molar-refractivity contribution in [3.63, 3.8) is 0 Å². The lowest BCUT2D eigenvalue weighted by atomic mass is 10.2. The molecule has 0 amide bonds. The van der Waals surface area contributed by atoms with Crippen LogP contribution in [-0.4, -0.2) is 15.9 Å². The van der Waals surface area contributed by atoms with Gasteiger partial charge in [-0.2, -0.15) is 4.98 Å². The third-order valence-electron chi connectivity index (χ3n) is 2.25. The fourth-order valence-corrected chi connectivity index (χ4v) is 2.07. The molecule has 90 valence electrons. The van der Waals surface area contributed by atoms with E-state index in [4.69, 9.17) is 10.3 Å². The Morgan fingerprint density at radius 3 is 2.59 bits per heavy atom. The number of nitrogens with two attached hydrogens (primary N) is 1. The lowest BCUT2D eigenvalue weighted by Gasteiger charge is -1.99. The second kappa shape index (κ2) is 5.33. The standard InChI is InChI=1S/C12H15N3OS/c1-3-17-10-6-4-9(5-7-10)11-14-12(8(2)13)16-15-11/h4-8H,3,13H2,1-2H3/t8-/m1/s1. The van der Waals surface area contributed by atoms with Crippen LogP contribution >= 0.6 is 11.8 Å². The van der Waals surface area contributed by atoms with E-state index in [9.17, 15) is 0 Å². The van der Waals surface area contributed by atoms with E-state index in [1.807, 2.05) is 19.1 Å². The average Bonchev–Trinajstić information content (AvgIpc) is 2.80. The first kappa shape index (κ1) is 12.1. The van der Waals surface area contributed by atoms with Gasteiger partial charge in [-0.3, -0.25) is 0 Å². The van der Waals surface area contributed by atoms with Crippen LogP contribution in [0, 0.1) is 0 Å². The van der Waals surface area contributed by atoms with Gasteiger partial charge in [-0.15, -0.1) is 11.8 Å². The summed E-state index contributed by atoms with van der Waals surface area (Å²) in [7, 11) is 0. The van der Waals surface area contributed by atoms with Gasteiger partial charge >= 0.3 is 0 Å². The molecule has 0 spiro atoms. The van der Waals surface area contributed by atoms with Crippen molar-refractivity contribution in [1.29, 1.82) is 0 Å². The molecule has 1 atom stereocenters. The molecule has 0 radical (unpaired) electrons. The van der Waals surface area contributed by atoms with Crippen LogP contribution in [0.1, 0.15) is 25.8 Å². The molecule has 17 heavy (non-hydrogen) atoms.